The van der Waals surface area contributed by atoms with Crippen LogP contribution in [0.25, 0.3) is 0 Å². The summed E-state index contributed by atoms with van der Waals surface area (Å²) < 4.78 is 6.18. The molecular weight excluding hydrogens is 429 g/mol. The second-order valence-electron chi connectivity index (χ2n) is 6.38. The number of aromatic hydroxyl groups is 1. The average molecular weight is 448 g/mol. The van der Waals surface area contributed by atoms with Gasteiger partial charge in [0.15, 0.2) is 0 Å². The lowest BCUT2D eigenvalue weighted by atomic mass is 10.3. The third-order valence-corrected chi connectivity index (χ3v) is 8.73. The van der Waals surface area contributed by atoms with Crippen LogP contribution in [-0.4, -0.2) is 5.11 Å². The first-order chi connectivity index (χ1) is 13.7. The molecule has 0 fully saturated rings. The van der Waals surface area contributed by atoms with Gasteiger partial charge >= 0.3 is 0 Å². The lowest BCUT2D eigenvalue weighted by molar-refractivity contribution is 0.477. The minimum atomic E-state index is -2.38. The molecule has 0 amide bonds. The summed E-state index contributed by atoms with van der Waals surface area (Å²) in [4.78, 5) is 0. The van der Waals surface area contributed by atoms with Crippen molar-refractivity contribution in [2.24, 2.45) is 4.74 Å². The normalized spacial score (nSPS) is 11.2. The third kappa shape index (κ3) is 3.56. The van der Waals surface area contributed by atoms with Gasteiger partial charge in [-0.25, -0.2) is 4.74 Å². The maximum absolute atomic E-state index is 10.5. The first kappa shape index (κ1) is 18.7. The molecule has 0 aliphatic heterocycles. The van der Waals surface area contributed by atoms with Crippen LogP contribution in [0.4, 0.5) is 5.69 Å². The van der Waals surface area contributed by atoms with Gasteiger partial charge in [-0.3, -0.25) is 0 Å². The van der Waals surface area contributed by atoms with E-state index in [1.165, 1.54) is 0 Å². The Morgan fingerprint density at radius 3 is 1.46 bits per heavy atom. The molecule has 1 N–H and O–H groups in total. The van der Waals surface area contributed by atoms with Crippen LogP contribution in [0, 0.1) is 0 Å². The zero-order valence-electron chi connectivity index (χ0n) is 15.1. The van der Waals surface area contributed by atoms with Crippen molar-refractivity contribution in [1.29, 1.82) is 0 Å². The Morgan fingerprint density at radius 2 is 1.04 bits per heavy atom. The molecule has 0 unspecified atom stereocenters. The summed E-state index contributed by atoms with van der Waals surface area (Å²) in [5.41, 5.74) is 0.583. The molecule has 0 radical (unpaired) electrons. The molecule has 0 saturated heterocycles. The van der Waals surface area contributed by atoms with Crippen molar-refractivity contribution < 1.29 is 5.11 Å². The van der Waals surface area contributed by atoms with Gasteiger partial charge in [-0.1, -0.05) is 107 Å². The van der Waals surface area contributed by atoms with Crippen LogP contribution in [0.5, 0.6) is 5.75 Å². The molecule has 0 saturated carbocycles. The van der Waals surface area contributed by atoms with E-state index < -0.39 is 7.05 Å². The van der Waals surface area contributed by atoms with Crippen LogP contribution in [0.3, 0.4) is 0 Å². The van der Waals surface area contributed by atoms with Gasteiger partial charge in [0, 0.05) is 20.4 Å². The standard InChI is InChI=1S/C24H19BrNOP/c25-19-16-17-24(27)23(18-19)26-28(20-10-4-1-5-11-20,21-12-6-2-7-13-21)22-14-8-3-9-15-22/h1-18,27H. The lowest BCUT2D eigenvalue weighted by Crippen LogP contribution is -2.25. The molecule has 0 atom stereocenters. The molecule has 0 aliphatic rings. The zero-order chi connectivity index (χ0) is 19.4. The van der Waals surface area contributed by atoms with Gasteiger partial charge < -0.3 is 5.11 Å². The molecular formula is C24H19BrNOP. The van der Waals surface area contributed by atoms with E-state index in [0.717, 1.165) is 20.4 Å². The summed E-state index contributed by atoms with van der Waals surface area (Å²) in [5.74, 6) is 0.176. The van der Waals surface area contributed by atoms with Gasteiger partial charge in [0.2, 0.25) is 0 Å². The number of benzene rings is 4. The summed E-state index contributed by atoms with van der Waals surface area (Å²) in [6.07, 6.45) is 0. The highest BCUT2D eigenvalue weighted by Gasteiger charge is 2.27. The Bertz CT molecular complexity index is 1030. The molecule has 4 rings (SSSR count). The van der Waals surface area contributed by atoms with Crippen molar-refractivity contribution in [3.05, 3.63) is 114 Å². The number of hydrogen-bond donors (Lipinski definition) is 1. The quantitative estimate of drug-likeness (QED) is 0.384. The van der Waals surface area contributed by atoms with E-state index in [0.29, 0.717) is 5.69 Å². The maximum atomic E-state index is 10.5. The summed E-state index contributed by atoms with van der Waals surface area (Å²) in [5, 5.41) is 14.0. The molecule has 4 aromatic rings. The fourth-order valence-electron chi connectivity index (χ4n) is 3.29. The topological polar surface area (TPSA) is 32.6 Å². The van der Waals surface area contributed by atoms with Crippen LogP contribution >= 0.6 is 23.0 Å². The van der Waals surface area contributed by atoms with Crippen LogP contribution in [-0.2, 0) is 0 Å². The number of rotatable bonds is 4. The molecule has 0 aromatic heterocycles. The SMILES string of the molecule is Oc1ccc(Br)cc1N=P(c1ccccc1)(c1ccccc1)c1ccccc1. The molecule has 0 aliphatic carbocycles. The molecule has 4 heteroatoms. The second-order valence-corrected chi connectivity index (χ2v) is 10.3. The van der Waals surface area contributed by atoms with E-state index in [4.69, 9.17) is 4.74 Å². The first-order valence-electron chi connectivity index (χ1n) is 8.98. The van der Waals surface area contributed by atoms with Gasteiger partial charge in [0.1, 0.15) is 11.4 Å². The number of phenolic OH excluding ortho intramolecular Hbond substituents is 1. The highest BCUT2D eigenvalue weighted by atomic mass is 79.9. The van der Waals surface area contributed by atoms with Crippen molar-refractivity contribution in [2.75, 3.05) is 0 Å². The van der Waals surface area contributed by atoms with E-state index in [2.05, 4.69) is 52.3 Å². The molecule has 0 heterocycles. The van der Waals surface area contributed by atoms with E-state index in [-0.39, 0.29) is 5.75 Å². The number of nitrogens with zero attached hydrogens (tertiary/aromatic N) is 1. The Morgan fingerprint density at radius 1 is 0.607 bits per heavy atom. The van der Waals surface area contributed by atoms with Crippen molar-refractivity contribution in [3.63, 3.8) is 0 Å². The molecule has 0 bridgehead atoms. The largest absolute Gasteiger partial charge is 0.506 e. The van der Waals surface area contributed by atoms with Gasteiger partial charge in [0.25, 0.3) is 0 Å². The lowest BCUT2D eigenvalue weighted by Gasteiger charge is -2.27. The average Bonchev–Trinajstić information content (AvgIpc) is 2.76. The first-order valence-corrected chi connectivity index (χ1v) is 11.5. The van der Waals surface area contributed by atoms with E-state index in [1.807, 2.05) is 66.7 Å². The van der Waals surface area contributed by atoms with Gasteiger partial charge in [-0.15, -0.1) is 0 Å². The van der Waals surface area contributed by atoms with Crippen molar-refractivity contribution >= 4 is 44.6 Å². The number of hydrogen-bond acceptors (Lipinski definition) is 2. The van der Waals surface area contributed by atoms with E-state index in [1.54, 1.807) is 6.07 Å². The molecule has 28 heavy (non-hydrogen) atoms. The molecule has 138 valence electrons. The fraction of sp³-hybridized carbons (Fsp3) is 0. The number of phenols is 1. The monoisotopic (exact) mass is 447 g/mol. The zero-order valence-corrected chi connectivity index (χ0v) is 17.6. The van der Waals surface area contributed by atoms with Crippen LogP contribution in [0.15, 0.2) is 118 Å². The Hall–Kier alpha value is -2.61. The summed E-state index contributed by atoms with van der Waals surface area (Å²) >= 11 is 3.51. The maximum Gasteiger partial charge on any atom is 0.141 e. The summed E-state index contributed by atoms with van der Waals surface area (Å²) in [6, 6.07) is 36.5. The van der Waals surface area contributed by atoms with E-state index >= 15 is 0 Å². The van der Waals surface area contributed by atoms with Crippen LogP contribution < -0.4 is 15.9 Å². The van der Waals surface area contributed by atoms with Crippen LogP contribution in [0.1, 0.15) is 0 Å². The minimum absolute atomic E-state index is 0.176. The smallest absolute Gasteiger partial charge is 0.141 e. The predicted octanol–water partition coefficient (Wildman–Crippen LogP) is 5.96. The van der Waals surface area contributed by atoms with Gasteiger partial charge in [-0.2, -0.15) is 0 Å². The Labute approximate surface area is 173 Å². The third-order valence-electron chi connectivity index (χ3n) is 4.58. The van der Waals surface area contributed by atoms with Crippen molar-refractivity contribution in [2.45, 2.75) is 0 Å². The minimum Gasteiger partial charge on any atom is -0.506 e. The Balaban J connectivity index is 2.16. The van der Waals surface area contributed by atoms with Crippen molar-refractivity contribution in [3.8, 4) is 5.75 Å². The Kier molecular flexibility index (Phi) is 5.47. The predicted molar refractivity (Wildman–Crippen MR) is 123 cm³/mol. The summed E-state index contributed by atoms with van der Waals surface area (Å²) in [6.45, 7) is 0. The van der Waals surface area contributed by atoms with Crippen molar-refractivity contribution in [1.82, 2.24) is 0 Å². The molecule has 2 nitrogen and oxygen atoms in total. The second kappa shape index (κ2) is 8.18. The van der Waals surface area contributed by atoms with Crippen LogP contribution in [0.2, 0.25) is 0 Å². The van der Waals surface area contributed by atoms with Gasteiger partial charge in [-0.05, 0) is 18.2 Å². The highest BCUT2D eigenvalue weighted by molar-refractivity contribution is 9.10. The molecule has 4 aromatic carbocycles. The number of halogens is 1. The van der Waals surface area contributed by atoms with E-state index in [9.17, 15) is 5.11 Å². The highest BCUT2D eigenvalue weighted by Crippen LogP contribution is 2.50. The summed E-state index contributed by atoms with van der Waals surface area (Å²) in [7, 11) is -2.38. The van der Waals surface area contributed by atoms with Gasteiger partial charge in [0.05, 0.1) is 7.05 Å². The fourth-order valence-corrected chi connectivity index (χ4v) is 7.17. The molecule has 0 spiro atoms.